The lowest BCUT2D eigenvalue weighted by molar-refractivity contribution is -0.0337. The third kappa shape index (κ3) is 3.23. The van der Waals surface area contributed by atoms with Crippen molar-refractivity contribution in [3.8, 4) is 5.88 Å². The maximum absolute atomic E-state index is 13.6. The van der Waals surface area contributed by atoms with Gasteiger partial charge in [-0.25, -0.2) is 17.8 Å². The van der Waals surface area contributed by atoms with Gasteiger partial charge in [0.1, 0.15) is 6.10 Å². The summed E-state index contributed by atoms with van der Waals surface area (Å²) < 4.78 is 49.9. The molecule has 122 valence electrons. The SMILES string of the molecule is CS(=O)(=O)N1CCC[C@]2(C[C@H](Oc3ncccc3F)CO2)C1. The van der Waals surface area contributed by atoms with E-state index < -0.39 is 21.4 Å². The van der Waals surface area contributed by atoms with Gasteiger partial charge in [0.05, 0.1) is 18.5 Å². The van der Waals surface area contributed by atoms with E-state index in [1.807, 2.05) is 0 Å². The van der Waals surface area contributed by atoms with Crippen molar-refractivity contribution in [1.29, 1.82) is 0 Å². The number of hydrogen-bond acceptors (Lipinski definition) is 5. The molecule has 2 saturated heterocycles. The van der Waals surface area contributed by atoms with Crippen LogP contribution in [0.4, 0.5) is 4.39 Å². The summed E-state index contributed by atoms with van der Waals surface area (Å²) >= 11 is 0. The zero-order valence-corrected chi connectivity index (χ0v) is 13.2. The molecule has 2 aliphatic rings. The van der Waals surface area contributed by atoms with Crippen LogP contribution in [0.25, 0.3) is 0 Å². The molecule has 1 aromatic heterocycles. The van der Waals surface area contributed by atoms with Crippen molar-refractivity contribution in [2.45, 2.75) is 31.0 Å². The van der Waals surface area contributed by atoms with Gasteiger partial charge in [-0.3, -0.25) is 0 Å². The molecule has 1 aromatic rings. The van der Waals surface area contributed by atoms with Crippen LogP contribution < -0.4 is 4.74 Å². The molecule has 0 amide bonds. The normalized spacial score (nSPS) is 29.8. The summed E-state index contributed by atoms with van der Waals surface area (Å²) in [4.78, 5) is 3.87. The highest BCUT2D eigenvalue weighted by Crippen LogP contribution is 2.36. The fourth-order valence-corrected chi connectivity index (χ4v) is 4.05. The first-order chi connectivity index (χ1) is 10.4. The summed E-state index contributed by atoms with van der Waals surface area (Å²) in [6, 6.07) is 2.79. The number of ether oxygens (including phenoxy) is 2. The van der Waals surface area contributed by atoms with Crippen LogP contribution in [-0.2, 0) is 14.8 Å². The number of sulfonamides is 1. The molecule has 2 atom stereocenters. The highest BCUT2D eigenvalue weighted by atomic mass is 32.2. The number of pyridine rings is 1. The summed E-state index contributed by atoms with van der Waals surface area (Å²) in [7, 11) is -3.23. The molecule has 0 saturated carbocycles. The van der Waals surface area contributed by atoms with E-state index in [0.29, 0.717) is 26.1 Å². The highest BCUT2D eigenvalue weighted by molar-refractivity contribution is 7.88. The summed E-state index contributed by atoms with van der Waals surface area (Å²) in [6.45, 7) is 1.16. The largest absolute Gasteiger partial charge is 0.470 e. The Bertz CT molecular complexity index is 654. The van der Waals surface area contributed by atoms with Gasteiger partial charge in [0.15, 0.2) is 5.82 Å². The second-order valence-corrected chi connectivity index (χ2v) is 7.91. The Kier molecular flexibility index (Phi) is 4.09. The van der Waals surface area contributed by atoms with E-state index in [4.69, 9.17) is 9.47 Å². The van der Waals surface area contributed by atoms with Crippen LogP contribution in [-0.4, -0.2) is 55.4 Å². The van der Waals surface area contributed by atoms with Crippen molar-refractivity contribution in [2.24, 2.45) is 0 Å². The van der Waals surface area contributed by atoms with Crippen molar-refractivity contribution < 1.29 is 22.3 Å². The van der Waals surface area contributed by atoms with Gasteiger partial charge in [-0.05, 0) is 25.0 Å². The summed E-state index contributed by atoms with van der Waals surface area (Å²) in [5.74, 6) is -0.547. The molecular formula is C14H19FN2O4S. The fourth-order valence-electron chi connectivity index (χ4n) is 3.12. The lowest BCUT2D eigenvalue weighted by Gasteiger charge is -2.38. The quantitative estimate of drug-likeness (QED) is 0.832. The molecule has 0 bridgehead atoms. The van der Waals surface area contributed by atoms with Crippen molar-refractivity contribution in [1.82, 2.24) is 9.29 Å². The zero-order chi connectivity index (χ0) is 15.8. The van der Waals surface area contributed by atoms with E-state index in [1.165, 1.54) is 28.9 Å². The number of hydrogen-bond donors (Lipinski definition) is 0. The number of aromatic nitrogens is 1. The third-order valence-corrected chi connectivity index (χ3v) is 5.40. The Hall–Kier alpha value is -1.25. The first kappa shape index (κ1) is 15.6. The van der Waals surface area contributed by atoms with Crippen LogP contribution in [0.2, 0.25) is 0 Å². The number of piperidine rings is 1. The second-order valence-electron chi connectivity index (χ2n) is 5.93. The minimum atomic E-state index is -3.23. The van der Waals surface area contributed by atoms with Crippen molar-refractivity contribution in [3.63, 3.8) is 0 Å². The lowest BCUT2D eigenvalue weighted by Crippen LogP contribution is -2.49. The molecule has 22 heavy (non-hydrogen) atoms. The Labute approximate surface area is 129 Å². The number of rotatable bonds is 3. The smallest absolute Gasteiger partial charge is 0.250 e. The van der Waals surface area contributed by atoms with Crippen molar-refractivity contribution in [3.05, 3.63) is 24.1 Å². The van der Waals surface area contributed by atoms with Crippen LogP contribution in [0.1, 0.15) is 19.3 Å². The molecule has 2 fully saturated rings. The molecule has 3 heterocycles. The molecular weight excluding hydrogens is 311 g/mol. The standard InChI is InChI=1S/C14H19FN2O4S/c1-22(18,19)17-7-3-5-14(10-17)8-11(9-20-14)21-13-12(15)4-2-6-16-13/h2,4,6,11H,3,5,7-10H2,1H3/t11-,14-/m0/s1. The van der Waals surface area contributed by atoms with Crippen LogP contribution in [0.5, 0.6) is 5.88 Å². The van der Waals surface area contributed by atoms with E-state index in [9.17, 15) is 12.8 Å². The van der Waals surface area contributed by atoms with E-state index in [2.05, 4.69) is 4.98 Å². The molecule has 0 N–H and O–H groups in total. The van der Waals surface area contributed by atoms with Gasteiger partial charge in [0, 0.05) is 25.7 Å². The van der Waals surface area contributed by atoms with E-state index in [0.717, 1.165) is 12.8 Å². The lowest BCUT2D eigenvalue weighted by atomic mass is 9.90. The van der Waals surface area contributed by atoms with E-state index in [-0.39, 0.29) is 12.0 Å². The molecule has 3 rings (SSSR count). The predicted molar refractivity (Wildman–Crippen MR) is 77.6 cm³/mol. The minimum Gasteiger partial charge on any atom is -0.470 e. The van der Waals surface area contributed by atoms with Crippen molar-refractivity contribution >= 4 is 10.0 Å². The van der Waals surface area contributed by atoms with Crippen LogP contribution in [0, 0.1) is 5.82 Å². The van der Waals surface area contributed by atoms with Crippen LogP contribution in [0.15, 0.2) is 18.3 Å². The van der Waals surface area contributed by atoms with Gasteiger partial charge >= 0.3 is 0 Å². The van der Waals surface area contributed by atoms with E-state index in [1.54, 1.807) is 0 Å². The molecule has 8 heteroatoms. The highest BCUT2D eigenvalue weighted by Gasteiger charge is 2.46. The number of nitrogens with zero attached hydrogens (tertiary/aromatic N) is 2. The van der Waals surface area contributed by atoms with Crippen molar-refractivity contribution in [2.75, 3.05) is 26.0 Å². The predicted octanol–water partition coefficient (Wildman–Crippen LogP) is 1.18. The molecule has 1 spiro atoms. The molecule has 0 radical (unpaired) electrons. The molecule has 6 nitrogen and oxygen atoms in total. The Morgan fingerprint density at radius 1 is 1.55 bits per heavy atom. The maximum Gasteiger partial charge on any atom is 0.250 e. The average molecular weight is 330 g/mol. The Morgan fingerprint density at radius 2 is 2.36 bits per heavy atom. The van der Waals surface area contributed by atoms with Gasteiger partial charge in [-0.1, -0.05) is 0 Å². The molecule has 0 aliphatic carbocycles. The average Bonchev–Trinajstić information content (AvgIpc) is 2.83. The van der Waals surface area contributed by atoms with Crippen LogP contribution >= 0.6 is 0 Å². The first-order valence-corrected chi connectivity index (χ1v) is 9.09. The summed E-state index contributed by atoms with van der Waals surface area (Å²) in [6.07, 6.45) is 4.42. The molecule has 2 aliphatic heterocycles. The van der Waals surface area contributed by atoms with E-state index >= 15 is 0 Å². The van der Waals surface area contributed by atoms with Gasteiger partial charge < -0.3 is 9.47 Å². The Balaban J connectivity index is 1.68. The van der Waals surface area contributed by atoms with Gasteiger partial charge in [-0.15, -0.1) is 0 Å². The molecule has 0 aromatic carbocycles. The summed E-state index contributed by atoms with van der Waals surface area (Å²) in [5, 5.41) is 0. The second kappa shape index (κ2) is 5.75. The van der Waals surface area contributed by atoms with Crippen LogP contribution in [0.3, 0.4) is 0 Å². The topological polar surface area (TPSA) is 68.7 Å². The summed E-state index contributed by atoms with van der Waals surface area (Å²) in [5.41, 5.74) is -0.531. The number of halogens is 1. The Morgan fingerprint density at radius 3 is 3.09 bits per heavy atom. The van der Waals surface area contributed by atoms with Gasteiger partial charge in [0.25, 0.3) is 5.88 Å². The fraction of sp³-hybridized carbons (Fsp3) is 0.643. The first-order valence-electron chi connectivity index (χ1n) is 7.24. The van der Waals surface area contributed by atoms with Gasteiger partial charge in [0.2, 0.25) is 10.0 Å². The minimum absolute atomic E-state index is 0.0380. The third-order valence-electron chi connectivity index (χ3n) is 4.15. The maximum atomic E-state index is 13.6. The molecule has 0 unspecified atom stereocenters. The zero-order valence-electron chi connectivity index (χ0n) is 12.4. The van der Waals surface area contributed by atoms with Gasteiger partial charge in [-0.2, -0.15) is 4.31 Å². The monoisotopic (exact) mass is 330 g/mol.